The number of ether oxygens (including phenoxy) is 3. The highest BCUT2D eigenvalue weighted by Gasteiger charge is 2.19. The first kappa shape index (κ1) is 21.5. The number of hydrogen-bond donors (Lipinski definition) is 1. The van der Waals surface area contributed by atoms with Gasteiger partial charge in [0.1, 0.15) is 18.8 Å². The van der Waals surface area contributed by atoms with Gasteiger partial charge in [0.05, 0.1) is 6.54 Å². The number of hydrogen-bond acceptors (Lipinski definition) is 7. The van der Waals surface area contributed by atoms with Crippen molar-refractivity contribution in [2.45, 2.75) is 26.4 Å². The molecule has 1 N–H and O–H groups in total. The van der Waals surface area contributed by atoms with Gasteiger partial charge >= 0.3 is 6.09 Å². The number of nitrogens with one attached hydrogen (secondary N) is 1. The summed E-state index contributed by atoms with van der Waals surface area (Å²) in [6.07, 6.45) is -0.424. The van der Waals surface area contributed by atoms with E-state index in [4.69, 9.17) is 4.74 Å². The van der Waals surface area contributed by atoms with Crippen LogP contribution in [0.15, 0.2) is 0 Å². The summed E-state index contributed by atoms with van der Waals surface area (Å²) in [6, 6.07) is 0. The molecule has 0 fully saturated rings. The van der Waals surface area contributed by atoms with Crippen LogP contribution in [0, 0.1) is 0 Å². The normalized spacial score (nSPS) is 9.76. The molecule has 0 spiro atoms. The van der Waals surface area contributed by atoms with Crippen LogP contribution in [0.3, 0.4) is 0 Å². The Bertz CT molecular complexity index is 291. The highest BCUT2D eigenvalue weighted by Crippen LogP contribution is 2.08. The van der Waals surface area contributed by atoms with Gasteiger partial charge in [-0.15, -0.1) is 0 Å². The zero-order valence-corrected chi connectivity index (χ0v) is 13.4. The second-order valence-electron chi connectivity index (χ2n) is 4.94. The molecule has 0 bridgehead atoms. The summed E-state index contributed by atoms with van der Waals surface area (Å²) in [5, 5.41) is 2.82. The molecule has 0 aliphatic heterocycles. The molecule has 0 aromatic rings. The maximum absolute atomic E-state index is 11.3. The topological polar surface area (TPSA) is 94.2 Å². The van der Waals surface area contributed by atoms with E-state index in [-0.39, 0.29) is 6.61 Å². The van der Waals surface area contributed by atoms with Gasteiger partial charge in [-0.05, 0) is 27.8 Å². The van der Waals surface area contributed by atoms with Gasteiger partial charge in [0.2, 0.25) is 0 Å². The number of rotatable bonds is 8. The minimum atomic E-state index is -0.503. The summed E-state index contributed by atoms with van der Waals surface area (Å²) < 4.78 is 13.9. The van der Waals surface area contributed by atoms with E-state index >= 15 is 0 Å². The van der Waals surface area contributed by atoms with Gasteiger partial charge in [-0.25, -0.2) is 4.79 Å². The molecule has 8 heteroatoms. The number of likely N-dealkylation sites (N-methyl/N-ethyl adjacent to an activating group) is 2. The summed E-state index contributed by atoms with van der Waals surface area (Å²) in [5.41, 5.74) is -0.503. The summed E-state index contributed by atoms with van der Waals surface area (Å²) in [4.78, 5) is 31.9. The Morgan fingerprint density at radius 2 is 1.67 bits per heavy atom. The van der Waals surface area contributed by atoms with Gasteiger partial charge in [-0.1, -0.05) is 0 Å². The van der Waals surface area contributed by atoms with E-state index in [0.717, 1.165) is 6.54 Å². The molecule has 0 aromatic heterocycles. The van der Waals surface area contributed by atoms with Crippen LogP contribution in [-0.4, -0.2) is 69.9 Å². The third-order valence-corrected chi connectivity index (χ3v) is 1.86. The van der Waals surface area contributed by atoms with E-state index < -0.39 is 11.7 Å². The fourth-order valence-electron chi connectivity index (χ4n) is 0.878. The predicted molar refractivity (Wildman–Crippen MR) is 76.8 cm³/mol. The predicted octanol–water partition coefficient (Wildman–Crippen LogP) is 0.405. The zero-order chi connectivity index (χ0) is 16.7. The summed E-state index contributed by atoms with van der Waals surface area (Å²) in [6.45, 7) is 7.86. The molecule has 21 heavy (non-hydrogen) atoms. The van der Waals surface area contributed by atoms with E-state index in [1.165, 1.54) is 4.90 Å². The maximum atomic E-state index is 11.3. The van der Waals surface area contributed by atoms with Crippen LogP contribution in [-0.2, 0) is 23.8 Å². The highest BCUT2D eigenvalue weighted by atomic mass is 16.6. The van der Waals surface area contributed by atoms with Crippen LogP contribution in [0.4, 0.5) is 4.79 Å². The Morgan fingerprint density at radius 3 is 2.10 bits per heavy atom. The third kappa shape index (κ3) is 18.2. The van der Waals surface area contributed by atoms with Crippen molar-refractivity contribution < 1.29 is 28.6 Å². The van der Waals surface area contributed by atoms with E-state index in [2.05, 4.69) is 14.8 Å². The standard InChI is InChI=1S/C9H17NO4.C4H9NO2/c1-9(2,3)14-8(12)10(4)5-6-13-7-11;1-5-2-3-7-4-6/h7H,5-6H2,1-4H3;4-5H,2-3H2,1H3. The molecular formula is C13H26N2O6. The van der Waals surface area contributed by atoms with E-state index in [1.807, 2.05) is 0 Å². The number of nitrogens with zero attached hydrogens (tertiary/aromatic N) is 1. The average Bonchev–Trinajstić information content (AvgIpc) is 2.38. The average molecular weight is 306 g/mol. The number of carbonyl (C=O) groups excluding carboxylic acids is 3. The third-order valence-electron chi connectivity index (χ3n) is 1.86. The summed E-state index contributed by atoms with van der Waals surface area (Å²) >= 11 is 0. The molecule has 0 radical (unpaired) electrons. The van der Waals surface area contributed by atoms with Crippen LogP contribution < -0.4 is 5.32 Å². The summed E-state index contributed by atoms with van der Waals surface area (Å²) in [7, 11) is 3.39. The van der Waals surface area contributed by atoms with Crippen LogP contribution >= 0.6 is 0 Å². The van der Waals surface area contributed by atoms with Crippen molar-refractivity contribution in [1.82, 2.24) is 10.2 Å². The summed E-state index contributed by atoms with van der Waals surface area (Å²) in [5.74, 6) is 0. The van der Waals surface area contributed by atoms with Crippen molar-refractivity contribution in [2.24, 2.45) is 0 Å². The van der Waals surface area contributed by atoms with Gasteiger partial charge in [0.15, 0.2) is 0 Å². The molecular weight excluding hydrogens is 280 g/mol. The largest absolute Gasteiger partial charge is 0.467 e. The Balaban J connectivity index is 0. The minimum absolute atomic E-state index is 0.180. The van der Waals surface area contributed by atoms with E-state index in [1.54, 1.807) is 34.9 Å². The molecule has 0 rings (SSSR count). The Kier molecular flexibility index (Phi) is 13.5. The first-order valence-electron chi connectivity index (χ1n) is 6.47. The molecule has 0 atom stereocenters. The van der Waals surface area contributed by atoms with Crippen LogP contribution in [0.5, 0.6) is 0 Å². The minimum Gasteiger partial charge on any atom is -0.467 e. The Labute approximate surface area is 125 Å². The Hall–Kier alpha value is -1.83. The van der Waals surface area contributed by atoms with Crippen molar-refractivity contribution in [2.75, 3.05) is 40.4 Å². The SMILES string of the molecule is CN(CCOC=O)C(=O)OC(C)(C)C.CNCCOC=O. The lowest BCUT2D eigenvalue weighted by molar-refractivity contribution is -0.129. The van der Waals surface area contributed by atoms with Crippen LogP contribution in [0.25, 0.3) is 0 Å². The second-order valence-corrected chi connectivity index (χ2v) is 4.94. The molecule has 0 aliphatic carbocycles. The van der Waals surface area contributed by atoms with Gasteiger partial charge < -0.3 is 24.4 Å². The van der Waals surface area contributed by atoms with Crippen molar-refractivity contribution in [3.8, 4) is 0 Å². The zero-order valence-electron chi connectivity index (χ0n) is 13.4. The first-order chi connectivity index (χ1) is 9.78. The molecule has 0 aromatic carbocycles. The fourth-order valence-corrected chi connectivity index (χ4v) is 0.878. The smallest absolute Gasteiger partial charge is 0.410 e. The molecule has 0 heterocycles. The first-order valence-corrected chi connectivity index (χ1v) is 6.47. The molecule has 0 unspecified atom stereocenters. The van der Waals surface area contributed by atoms with Gasteiger partial charge in [0, 0.05) is 13.6 Å². The quantitative estimate of drug-likeness (QED) is 0.394. The highest BCUT2D eigenvalue weighted by molar-refractivity contribution is 5.67. The lowest BCUT2D eigenvalue weighted by atomic mass is 10.2. The Morgan fingerprint density at radius 1 is 1.14 bits per heavy atom. The van der Waals surface area contributed by atoms with Crippen LogP contribution in [0.2, 0.25) is 0 Å². The van der Waals surface area contributed by atoms with Crippen molar-refractivity contribution in [3.05, 3.63) is 0 Å². The van der Waals surface area contributed by atoms with Gasteiger partial charge in [0.25, 0.3) is 12.9 Å². The van der Waals surface area contributed by atoms with Crippen LogP contribution in [0.1, 0.15) is 20.8 Å². The molecule has 1 amide bonds. The molecule has 124 valence electrons. The van der Waals surface area contributed by atoms with E-state index in [9.17, 15) is 14.4 Å². The molecule has 8 nitrogen and oxygen atoms in total. The van der Waals surface area contributed by atoms with Crippen molar-refractivity contribution >= 4 is 19.0 Å². The molecule has 0 saturated carbocycles. The molecule has 0 saturated heterocycles. The van der Waals surface area contributed by atoms with E-state index in [0.29, 0.717) is 26.1 Å². The number of carbonyl (C=O) groups is 3. The number of amides is 1. The fraction of sp³-hybridized carbons (Fsp3) is 0.769. The lowest BCUT2D eigenvalue weighted by Crippen LogP contribution is -2.35. The van der Waals surface area contributed by atoms with Gasteiger partial charge in [-0.3, -0.25) is 9.59 Å². The van der Waals surface area contributed by atoms with Crippen molar-refractivity contribution in [3.63, 3.8) is 0 Å². The maximum Gasteiger partial charge on any atom is 0.410 e. The monoisotopic (exact) mass is 306 g/mol. The lowest BCUT2D eigenvalue weighted by Gasteiger charge is -2.24. The van der Waals surface area contributed by atoms with Crippen molar-refractivity contribution in [1.29, 1.82) is 0 Å². The van der Waals surface area contributed by atoms with Gasteiger partial charge in [-0.2, -0.15) is 0 Å². The molecule has 0 aliphatic rings. The second kappa shape index (κ2) is 13.2.